The largest absolute Gasteiger partial charge is 0.497 e. The third-order valence-corrected chi connectivity index (χ3v) is 5.98. The van der Waals surface area contributed by atoms with Crippen LogP contribution in [0.5, 0.6) is 11.5 Å². The third kappa shape index (κ3) is 4.92. The smallest absolute Gasteiger partial charge is 0.257 e. The Kier molecular flexibility index (Phi) is 6.67. The fourth-order valence-electron chi connectivity index (χ4n) is 4.04. The number of amides is 1. The van der Waals surface area contributed by atoms with Crippen LogP contribution in [0.2, 0.25) is 0 Å². The molecule has 0 radical (unpaired) electrons. The first-order valence-electron chi connectivity index (χ1n) is 11.7. The number of nitrogens with two attached hydrogens (primary N) is 1. The number of carbonyl (C=O) groups is 1. The highest BCUT2D eigenvalue weighted by molar-refractivity contribution is 6.10. The minimum absolute atomic E-state index is 0.159. The van der Waals surface area contributed by atoms with Crippen LogP contribution in [0.25, 0.3) is 22.2 Å². The van der Waals surface area contributed by atoms with Gasteiger partial charge in [-0.25, -0.2) is 9.97 Å². The third-order valence-electron chi connectivity index (χ3n) is 5.98. The maximum Gasteiger partial charge on any atom is 0.257 e. The monoisotopic (exact) mass is 494 g/mol. The van der Waals surface area contributed by atoms with E-state index in [1.807, 2.05) is 72.8 Å². The Bertz CT molecular complexity index is 1610. The van der Waals surface area contributed by atoms with Gasteiger partial charge in [0.05, 0.1) is 31.5 Å². The van der Waals surface area contributed by atoms with Crippen LogP contribution in [0.4, 0.5) is 5.82 Å². The predicted molar refractivity (Wildman–Crippen MR) is 144 cm³/mol. The molecule has 5 rings (SSSR count). The number of nitrogen functional groups attached to an aromatic ring is 1. The van der Waals surface area contributed by atoms with E-state index in [9.17, 15) is 4.79 Å². The molecule has 186 valence electrons. The normalized spacial score (nSPS) is 11.3. The summed E-state index contributed by atoms with van der Waals surface area (Å²) in [6, 6.07) is 22.6. The Hall–Kier alpha value is -4.92. The molecule has 37 heavy (non-hydrogen) atoms. The molecular weight excluding hydrogens is 468 g/mol. The lowest BCUT2D eigenvalue weighted by Crippen LogP contribution is -2.26. The molecule has 0 spiro atoms. The molecule has 0 aliphatic carbocycles. The van der Waals surface area contributed by atoms with Crippen molar-refractivity contribution in [3.63, 3.8) is 0 Å². The lowest BCUT2D eigenvalue weighted by molar-refractivity contribution is 0.0956. The summed E-state index contributed by atoms with van der Waals surface area (Å²) in [4.78, 5) is 22.8. The second-order valence-electron chi connectivity index (χ2n) is 8.33. The number of nitrogens with zero attached hydrogens (tertiary/aromatic N) is 4. The summed E-state index contributed by atoms with van der Waals surface area (Å²) in [5, 5.41) is 7.51. The summed E-state index contributed by atoms with van der Waals surface area (Å²) < 4.78 is 11.9. The molecule has 3 aromatic carbocycles. The van der Waals surface area contributed by atoms with E-state index in [1.165, 1.54) is 4.68 Å². The molecule has 2 aromatic heterocycles. The topological polar surface area (TPSA) is 117 Å². The quantitative estimate of drug-likeness (QED) is 0.315. The van der Waals surface area contributed by atoms with Gasteiger partial charge in [-0.2, -0.15) is 9.78 Å². The fraction of sp³-hybridized carbons (Fsp3) is 0.143. The molecule has 0 saturated carbocycles. The van der Waals surface area contributed by atoms with E-state index >= 15 is 0 Å². The van der Waals surface area contributed by atoms with E-state index in [-0.39, 0.29) is 17.3 Å². The maximum atomic E-state index is 13.3. The number of aromatic nitrogens is 3. The number of nitrogens with one attached hydrogen (secondary N) is 1. The predicted octanol–water partition coefficient (Wildman–Crippen LogP) is 4.04. The van der Waals surface area contributed by atoms with Crippen LogP contribution in [-0.4, -0.2) is 47.5 Å². The highest BCUT2D eigenvalue weighted by Gasteiger charge is 2.24. The molecule has 9 heteroatoms. The van der Waals surface area contributed by atoms with Crippen LogP contribution in [0.3, 0.4) is 0 Å². The van der Waals surface area contributed by atoms with Gasteiger partial charge in [0.1, 0.15) is 28.4 Å². The van der Waals surface area contributed by atoms with Gasteiger partial charge in [0.2, 0.25) is 0 Å². The molecule has 1 amide bonds. The van der Waals surface area contributed by atoms with Crippen LogP contribution in [0.15, 0.2) is 77.9 Å². The fourth-order valence-corrected chi connectivity index (χ4v) is 4.04. The van der Waals surface area contributed by atoms with Crippen molar-refractivity contribution in [2.75, 3.05) is 26.5 Å². The van der Waals surface area contributed by atoms with E-state index < -0.39 is 0 Å². The SMILES string of the molecule is COc1ccc(CCNC(=O)c2c(N)n(/N=C\c3cccc(OC)c3)c3nc4ccccc4nc23)cc1. The summed E-state index contributed by atoms with van der Waals surface area (Å²) in [7, 11) is 3.23. The molecule has 0 aliphatic rings. The molecular formula is C28H26N6O3. The van der Waals surface area contributed by atoms with Crippen LogP contribution in [-0.2, 0) is 6.42 Å². The minimum Gasteiger partial charge on any atom is -0.497 e. The van der Waals surface area contributed by atoms with Crippen molar-refractivity contribution in [3.8, 4) is 11.5 Å². The lowest BCUT2D eigenvalue weighted by atomic mass is 10.1. The van der Waals surface area contributed by atoms with Crippen LogP contribution in [0.1, 0.15) is 21.5 Å². The Balaban J connectivity index is 1.48. The molecule has 0 aliphatic heterocycles. The number of para-hydroxylation sites is 2. The van der Waals surface area contributed by atoms with Gasteiger partial charge in [-0.1, -0.05) is 36.4 Å². The zero-order valence-electron chi connectivity index (χ0n) is 20.5. The summed E-state index contributed by atoms with van der Waals surface area (Å²) in [6.07, 6.45) is 2.29. The van der Waals surface area contributed by atoms with Crippen molar-refractivity contribution in [2.45, 2.75) is 6.42 Å². The van der Waals surface area contributed by atoms with Gasteiger partial charge in [0.25, 0.3) is 5.91 Å². The number of benzene rings is 3. The first-order chi connectivity index (χ1) is 18.1. The molecule has 9 nitrogen and oxygen atoms in total. The number of carbonyl (C=O) groups excluding carboxylic acids is 1. The van der Waals surface area contributed by atoms with Gasteiger partial charge in [0, 0.05) is 6.54 Å². The van der Waals surface area contributed by atoms with Crippen molar-refractivity contribution in [2.24, 2.45) is 5.10 Å². The summed E-state index contributed by atoms with van der Waals surface area (Å²) in [5.41, 5.74) is 10.7. The zero-order valence-corrected chi connectivity index (χ0v) is 20.5. The highest BCUT2D eigenvalue weighted by atomic mass is 16.5. The van der Waals surface area contributed by atoms with Gasteiger partial charge in [-0.15, -0.1) is 0 Å². The number of hydrogen-bond donors (Lipinski definition) is 2. The molecule has 0 unspecified atom stereocenters. The van der Waals surface area contributed by atoms with E-state index in [2.05, 4.69) is 10.4 Å². The zero-order chi connectivity index (χ0) is 25.8. The first kappa shape index (κ1) is 23.8. The van der Waals surface area contributed by atoms with Gasteiger partial charge < -0.3 is 20.5 Å². The first-order valence-corrected chi connectivity index (χ1v) is 11.7. The molecule has 0 atom stereocenters. The van der Waals surface area contributed by atoms with Gasteiger partial charge in [-0.3, -0.25) is 4.79 Å². The van der Waals surface area contributed by atoms with E-state index in [4.69, 9.17) is 25.2 Å². The number of fused-ring (bicyclic) bond motifs is 2. The number of ether oxygens (including phenoxy) is 2. The van der Waals surface area contributed by atoms with E-state index in [0.717, 1.165) is 16.9 Å². The second kappa shape index (κ2) is 10.4. The second-order valence-corrected chi connectivity index (χ2v) is 8.33. The molecule has 2 heterocycles. The Morgan fingerprint density at radius 3 is 2.43 bits per heavy atom. The van der Waals surface area contributed by atoms with Gasteiger partial charge in [-0.05, 0) is 53.9 Å². The molecule has 5 aromatic rings. The molecule has 3 N–H and O–H groups in total. The maximum absolute atomic E-state index is 13.3. The average molecular weight is 495 g/mol. The van der Waals surface area contributed by atoms with Crippen LogP contribution >= 0.6 is 0 Å². The number of hydrogen-bond acceptors (Lipinski definition) is 7. The van der Waals surface area contributed by atoms with E-state index in [0.29, 0.717) is 40.9 Å². The van der Waals surface area contributed by atoms with Crippen molar-refractivity contribution in [1.82, 2.24) is 20.0 Å². The number of anilines is 1. The van der Waals surface area contributed by atoms with Crippen LogP contribution in [0, 0.1) is 0 Å². The highest BCUT2D eigenvalue weighted by Crippen LogP contribution is 2.28. The Labute approximate surface area is 213 Å². The molecule has 0 bridgehead atoms. The van der Waals surface area contributed by atoms with Crippen molar-refractivity contribution >= 4 is 40.1 Å². The Morgan fingerprint density at radius 2 is 1.70 bits per heavy atom. The average Bonchev–Trinajstić information content (AvgIpc) is 3.20. The number of rotatable bonds is 8. The van der Waals surface area contributed by atoms with Crippen molar-refractivity contribution in [3.05, 3.63) is 89.5 Å². The van der Waals surface area contributed by atoms with Gasteiger partial charge in [0.15, 0.2) is 5.65 Å². The molecule has 0 saturated heterocycles. The van der Waals surface area contributed by atoms with Crippen molar-refractivity contribution in [1.29, 1.82) is 0 Å². The molecule has 0 fully saturated rings. The summed E-state index contributed by atoms with van der Waals surface area (Å²) in [5.74, 6) is 1.31. The minimum atomic E-state index is -0.337. The van der Waals surface area contributed by atoms with Crippen molar-refractivity contribution < 1.29 is 14.3 Å². The van der Waals surface area contributed by atoms with Gasteiger partial charge >= 0.3 is 0 Å². The summed E-state index contributed by atoms with van der Waals surface area (Å²) >= 11 is 0. The lowest BCUT2D eigenvalue weighted by Gasteiger charge is -2.06. The van der Waals surface area contributed by atoms with Crippen LogP contribution < -0.4 is 20.5 Å². The van der Waals surface area contributed by atoms with E-state index in [1.54, 1.807) is 20.4 Å². The standard InChI is InChI=1S/C28H26N6O3/c1-36-20-12-10-18(11-13-20)14-15-30-28(35)24-25-27(33-23-9-4-3-8-22(23)32-25)34(26(24)29)31-17-19-6-5-7-21(16-19)37-2/h3-13,16-17H,14-15,29H2,1-2H3,(H,30,35)/b31-17-. The number of methoxy groups -OCH3 is 2. The summed E-state index contributed by atoms with van der Waals surface area (Å²) in [6.45, 7) is 0.422. The Morgan fingerprint density at radius 1 is 0.973 bits per heavy atom.